The Morgan fingerprint density at radius 2 is 1.93 bits per heavy atom. The van der Waals surface area contributed by atoms with Crippen LogP contribution in [0.2, 0.25) is 0 Å². The molecule has 4 rings (SSSR count). The highest BCUT2D eigenvalue weighted by Crippen LogP contribution is 2.49. The van der Waals surface area contributed by atoms with Gasteiger partial charge in [-0.15, -0.1) is 11.3 Å². The minimum absolute atomic E-state index is 0.102. The predicted octanol–water partition coefficient (Wildman–Crippen LogP) is 4.03. The molecule has 0 saturated carbocycles. The number of hydrogen-bond donors (Lipinski definition) is 1. The first-order valence-corrected chi connectivity index (χ1v) is 10.5. The number of carbonyl (C=O) groups is 1. The zero-order valence-electron chi connectivity index (χ0n) is 16.8. The monoisotopic (exact) mass is 404 g/mol. The summed E-state index contributed by atoms with van der Waals surface area (Å²) in [4.78, 5) is 14.5. The Kier molecular flexibility index (Phi) is 5.03. The van der Waals surface area contributed by atoms with Crippen LogP contribution < -0.4 is 5.73 Å². The lowest BCUT2D eigenvalue weighted by molar-refractivity contribution is -0.117. The molecule has 5 nitrogen and oxygen atoms in total. The van der Waals surface area contributed by atoms with Crippen molar-refractivity contribution in [2.75, 3.05) is 14.1 Å². The molecule has 0 radical (unpaired) electrons. The van der Waals surface area contributed by atoms with E-state index in [2.05, 4.69) is 18.2 Å². The normalized spacial score (nSPS) is 22.2. The summed E-state index contributed by atoms with van der Waals surface area (Å²) in [6, 6.07) is 14.5. The molecule has 0 unspecified atom stereocenters. The molecule has 0 amide bonds. The lowest BCUT2D eigenvalue weighted by atomic mass is 9.73. The van der Waals surface area contributed by atoms with Gasteiger partial charge in [-0.1, -0.05) is 30.3 Å². The molecular weight excluding hydrogens is 380 g/mol. The zero-order chi connectivity index (χ0) is 20.7. The van der Waals surface area contributed by atoms with Crippen molar-refractivity contribution in [3.05, 3.63) is 80.4 Å². The Morgan fingerprint density at radius 3 is 2.52 bits per heavy atom. The third-order valence-electron chi connectivity index (χ3n) is 5.78. The summed E-state index contributed by atoms with van der Waals surface area (Å²) in [6.45, 7) is 2.02. The van der Waals surface area contributed by atoms with Crippen molar-refractivity contribution in [2.24, 2.45) is 5.73 Å². The van der Waals surface area contributed by atoms with Gasteiger partial charge in [0.25, 0.3) is 0 Å². The summed E-state index contributed by atoms with van der Waals surface area (Å²) in [7, 11) is 3.78. The van der Waals surface area contributed by atoms with Gasteiger partial charge in [-0.25, -0.2) is 5.01 Å². The Balaban J connectivity index is 1.90. The van der Waals surface area contributed by atoms with E-state index in [1.165, 1.54) is 0 Å². The Bertz CT molecular complexity index is 1060. The van der Waals surface area contributed by atoms with E-state index >= 15 is 0 Å². The van der Waals surface area contributed by atoms with Gasteiger partial charge >= 0.3 is 0 Å². The molecule has 2 aliphatic rings. The molecule has 2 N–H and O–H groups in total. The molecule has 148 valence electrons. The van der Waals surface area contributed by atoms with Gasteiger partial charge in [0.2, 0.25) is 0 Å². The van der Waals surface area contributed by atoms with Gasteiger partial charge in [0.15, 0.2) is 5.78 Å². The molecule has 0 fully saturated rings. The number of nitrogens with zero attached hydrogens (tertiary/aromatic N) is 3. The number of hydrogen-bond acceptors (Lipinski definition) is 6. The zero-order valence-corrected chi connectivity index (χ0v) is 17.7. The number of nitriles is 1. The number of benzene rings is 1. The van der Waals surface area contributed by atoms with E-state index in [-0.39, 0.29) is 17.6 Å². The maximum absolute atomic E-state index is 13.5. The predicted molar refractivity (Wildman–Crippen MR) is 115 cm³/mol. The molecule has 1 aromatic heterocycles. The maximum atomic E-state index is 13.5. The van der Waals surface area contributed by atoms with Crippen LogP contribution in [0.25, 0.3) is 0 Å². The lowest BCUT2D eigenvalue weighted by Crippen LogP contribution is -2.46. The van der Waals surface area contributed by atoms with Crippen LogP contribution in [0, 0.1) is 18.3 Å². The highest BCUT2D eigenvalue weighted by molar-refractivity contribution is 7.10. The van der Waals surface area contributed by atoms with Crippen molar-refractivity contribution in [1.29, 1.82) is 5.26 Å². The van der Waals surface area contributed by atoms with E-state index in [4.69, 9.17) is 5.73 Å². The number of Topliss-reactive ketones (excluding diaryl/α,β-unsaturated/α-hetero) is 1. The van der Waals surface area contributed by atoms with E-state index in [9.17, 15) is 10.1 Å². The minimum atomic E-state index is -0.379. The fourth-order valence-corrected chi connectivity index (χ4v) is 5.52. The molecule has 2 heterocycles. The van der Waals surface area contributed by atoms with Crippen LogP contribution >= 0.6 is 11.3 Å². The smallest absolute Gasteiger partial charge is 0.162 e. The number of allylic oxidation sites excluding steroid dienone is 3. The number of aryl methyl sites for hydroxylation is 1. The Hall–Kier alpha value is -2.88. The minimum Gasteiger partial charge on any atom is -0.383 e. The quantitative estimate of drug-likeness (QED) is 0.836. The second-order valence-electron chi connectivity index (χ2n) is 7.77. The highest BCUT2D eigenvalue weighted by Gasteiger charge is 2.43. The Morgan fingerprint density at radius 1 is 1.21 bits per heavy atom. The molecule has 0 spiro atoms. The third-order valence-corrected chi connectivity index (χ3v) is 6.86. The first kappa shape index (κ1) is 19.4. The number of nitrogens with two attached hydrogens (primary N) is 1. The van der Waals surface area contributed by atoms with E-state index in [0.29, 0.717) is 24.2 Å². The molecule has 2 aromatic rings. The summed E-state index contributed by atoms with van der Waals surface area (Å²) in [5.41, 5.74) is 10.9. The lowest BCUT2D eigenvalue weighted by Gasteiger charge is -2.43. The second kappa shape index (κ2) is 7.51. The first-order chi connectivity index (χ1) is 13.9. The summed E-state index contributed by atoms with van der Waals surface area (Å²) >= 11 is 1.58. The summed E-state index contributed by atoms with van der Waals surface area (Å²) < 4.78 is 0. The van der Waals surface area contributed by atoms with E-state index in [1.54, 1.807) is 11.3 Å². The average Bonchev–Trinajstić information content (AvgIpc) is 3.12. The number of carbonyl (C=O) groups excluding carboxylic acids is 1. The van der Waals surface area contributed by atoms with Crippen molar-refractivity contribution in [3.63, 3.8) is 0 Å². The molecule has 0 bridgehead atoms. The number of rotatable bonds is 3. The summed E-state index contributed by atoms with van der Waals surface area (Å²) in [5.74, 6) is 0.238. The number of thiophene rings is 1. The van der Waals surface area contributed by atoms with Crippen LogP contribution in [0.5, 0.6) is 0 Å². The van der Waals surface area contributed by atoms with Crippen molar-refractivity contribution >= 4 is 17.1 Å². The Labute approximate surface area is 175 Å². The third kappa shape index (κ3) is 3.17. The van der Waals surface area contributed by atoms with Crippen molar-refractivity contribution in [2.45, 2.75) is 31.6 Å². The van der Waals surface area contributed by atoms with Crippen LogP contribution in [-0.4, -0.2) is 29.9 Å². The molecule has 1 aliphatic carbocycles. The van der Waals surface area contributed by atoms with Crippen molar-refractivity contribution in [3.8, 4) is 6.07 Å². The molecule has 0 saturated heterocycles. The van der Waals surface area contributed by atoms with Gasteiger partial charge < -0.3 is 5.73 Å². The standard InChI is InChI=1S/C23H24N4OS/c1-14-9-10-29-22(14)20-17(13-24)23(25)27(26(2)3)18-11-16(12-19(28)21(18)20)15-7-5-4-6-8-15/h4-10,16,20H,11-12,25H2,1-3H3/t16-,20+/m1/s1. The molecule has 29 heavy (non-hydrogen) atoms. The molecule has 6 heteroatoms. The van der Waals surface area contributed by atoms with Crippen LogP contribution in [0.1, 0.15) is 40.7 Å². The fraction of sp³-hybridized carbons (Fsp3) is 0.304. The van der Waals surface area contributed by atoms with Gasteiger partial charge in [-0.2, -0.15) is 5.26 Å². The van der Waals surface area contributed by atoms with Gasteiger partial charge in [-0.05, 0) is 41.8 Å². The molecule has 1 aliphatic heterocycles. The van der Waals surface area contributed by atoms with Crippen LogP contribution in [0.3, 0.4) is 0 Å². The number of hydrazine groups is 1. The van der Waals surface area contributed by atoms with Gasteiger partial charge in [0.05, 0.1) is 17.6 Å². The first-order valence-electron chi connectivity index (χ1n) is 9.66. The van der Waals surface area contributed by atoms with Crippen molar-refractivity contribution in [1.82, 2.24) is 10.0 Å². The number of ketones is 1. The van der Waals surface area contributed by atoms with Crippen LogP contribution in [0.15, 0.2) is 64.4 Å². The van der Waals surface area contributed by atoms with Gasteiger partial charge in [0, 0.05) is 36.7 Å². The average molecular weight is 405 g/mol. The van der Waals surface area contributed by atoms with E-state index in [0.717, 1.165) is 27.3 Å². The summed E-state index contributed by atoms with van der Waals surface area (Å²) in [5, 5.41) is 15.7. The van der Waals surface area contributed by atoms with Crippen LogP contribution in [0.4, 0.5) is 0 Å². The SMILES string of the molecule is Cc1ccsc1[C@H]1C(C#N)=C(N)N(N(C)C)C2=C1C(=O)C[C@H](c1ccccc1)C2. The van der Waals surface area contributed by atoms with Crippen LogP contribution in [-0.2, 0) is 4.79 Å². The topological polar surface area (TPSA) is 73.4 Å². The molecule has 1 aromatic carbocycles. The van der Waals surface area contributed by atoms with E-state index in [1.807, 2.05) is 60.7 Å². The van der Waals surface area contributed by atoms with Crippen molar-refractivity contribution < 1.29 is 4.79 Å². The molecular formula is C23H24N4OS. The maximum Gasteiger partial charge on any atom is 0.162 e. The highest BCUT2D eigenvalue weighted by atomic mass is 32.1. The largest absolute Gasteiger partial charge is 0.383 e. The second-order valence-corrected chi connectivity index (χ2v) is 8.72. The molecule has 2 atom stereocenters. The van der Waals surface area contributed by atoms with E-state index < -0.39 is 0 Å². The van der Waals surface area contributed by atoms with Gasteiger partial charge in [-0.3, -0.25) is 9.80 Å². The fourth-order valence-electron chi connectivity index (χ4n) is 4.47. The van der Waals surface area contributed by atoms with Gasteiger partial charge in [0.1, 0.15) is 5.82 Å². The summed E-state index contributed by atoms with van der Waals surface area (Å²) in [6.07, 6.45) is 1.16.